The molecule has 0 atom stereocenters. The van der Waals surface area contributed by atoms with Crippen molar-refractivity contribution in [3.63, 3.8) is 0 Å². The fourth-order valence-corrected chi connectivity index (χ4v) is 2.26. The third-order valence-corrected chi connectivity index (χ3v) is 3.10. The number of methoxy groups -OCH3 is 1. The van der Waals surface area contributed by atoms with Crippen LogP contribution in [0.25, 0.3) is 11.1 Å². The minimum absolute atomic E-state index is 0.206. The molecule has 0 aliphatic carbocycles. The van der Waals surface area contributed by atoms with E-state index in [1.54, 1.807) is 11.3 Å². The van der Waals surface area contributed by atoms with E-state index in [2.05, 4.69) is 11.4 Å². The third kappa shape index (κ3) is 2.31. The number of ether oxygens (including phenoxy) is 1. The Morgan fingerprint density at radius 2 is 2.12 bits per heavy atom. The Morgan fingerprint density at radius 1 is 1.31 bits per heavy atom. The Kier molecular flexibility index (Phi) is 3.37. The van der Waals surface area contributed by atoms with Crippen LogP contribution >= 0.6 is 11.3 Å². The lowest BCUT2D eigenvalue weighted by molar-refractivity contribution is -0.139. The van der Waals surface area contributed by atoms with E-state index in [1.165, 1.54) is 7.11 Å². The highest BCUT2D eigenvalue weighted by Crippen LogP contribution is 2.26. The molecule has 1 aromatic carbocycles. The van der Waals surface area contributed by atoms with Gasteiger partial charge in [0.15, 0.2) is 0 Å². The summed E-state index contributed by atoms with van der Waals surface area (Å²) in [7, 11) is 1.41. The Labute approximate surface area is 98.5 Å². The van der Waals surface area contributed by atoms with Gasteiger partial charge in [-0.2, -0.15) is 11.3 Å². The van der Waals surface area contributed by atoms with E-state index >= 15 is 0 Å². The highest BCUT2D eigenvalue weighted by atomic mass is 32.1. The minimum Gasteiger partial charge on any atom is -0.469 e. The summed E-state index contributed by atoms with van der Waals surface area (Å²) in [5.74, 6) is -0.206. The van der Waals surface area contributed by atoms with E-state index in [9.17, 15) is 4.79 Å². The summed E-state index contributed by atoms with van der Waals surface area (Å²) >= 11 is 1.65. The summed E-state index contributed by atoms with van der Waals surface area (Å²) in [6.07, 6.45) is 0.322. The second-order valence-electron chi connectivity index (χ2n) is 3.42. The van der Waals surface area contributed by atoms with Crippen LogP contribution in [0.5, 0.6) is 0 Å². The van der Waals surface area contributed by atoms with Gasteiger partial charge in [0.25, 0.3) is 0 Å². The maximum absolute atomic E-state index is 11.3. The summed E-state index contributed by atoms with van der Waals surface area (Å²) in [5.41, 5.74) is 3.27. The Hall–Kier alpha value is -1.61. The van der Waals surface area contributed by atoms with Crippen LogP contribution in [0, 0.1) is 0 Å². The molecule has 0 saturated heterocycles. The lowest BCUT2D eigenvalue weighted by atomic mass is 10.00. The van der Waals surface area contributed by atoms with Crippen molar-refractivity contribution in [2.75, 3.05) is 7.11 Å². The van der Waals surface area contributed by atoms with Gasteiger partial charge in [0.1, 0.15) is 0 Å². The van der Waals surface area contributed by atoms with Crippen LogP contribution in [0.4, 0.5) is 0 Å². The van der Waals surface area contributed by atoms with Gasteiger partial charge in [-0.1, -0.05) is 24.3 Å². The van der Waals surface area contributed by atoms with Crippen molar-refractivity contribution in [1.29, 1.82) is 0 Å². The second-order valence-corrected chi connectivity index (χ2v) is 4.20. The predicted molar refractivity (Wildman–Crippen MR) is 65.5 cm³/mol. The molecule has 0 bridgehead atoms. The Bertz CT molecular complexity index is 474. The first-order valence-corrected chi connectivity index (χ1v) is 5.93. The van der Waals surface area contributed by atoms with Crippen molar-refractivity contribution in [3.8, 4) is 11.1 Å². The van der Waals surface area contributed by atoms with E-state index in [-0.39, 0.29) is 5.97 Å². The van der Waals surface area contributed by atoms with Gasteiger partial charge in [-0.15, -0.1) is 0 Å². The SMILES string of the molecule is COC(=O)Cc1ccccc1-c1ccsc1. The summed E-state index contributed by atoms with van der Waals surface area (Å²) in [5, 5.41) is 4.11. The molecule has 0 N–H and O–H groups in total. The first kappa shape index (κ1) is 10.9. The molecular weight excluding hydrogens is 220 g/mol. The van der Waals surface area contributed by atoms with E-state index in [0.717, 1.165) is 16.7 Å². The Balaban J connectivity index is 2.35. The van der Waals surface area contributed by atoms with Gasteiger partial charge in [-0.05, 0) is 33.5 Å². The van der Waals surface area contributed by atoms with E-state index in [4.69, 9.17) is 4.74 Å². The lowest BCUT2D eigenvalue weighted by Crippen LogP contribution is -2.05. The predicted octanol–water partition coefficient (Wildman–Crippen LogP) is 3.13. The summed E-state index contributed by atoms with van der Waals surface area (Å²) in [4.78, 5) is 11.3. The van der Waals surface area contributed by atoms with Crippen LogP contribution in [0.3, 0.4) is 0 Å². The standard InChI is InChI=1S/C13H12O2S/c1-15-13(14)8-10-4-2-3-5-12(10)11-6-7-16-9-11/h2-7,9H,8H2,1H3. The highest BCUT2D eigenvalue weighted by molar-refractivity contribution is 7.08. The quantitative estimate of drug-likeness (QED) is 0.760. The smallest absolute Gasteiger partial charge is 0.309 e. The zero-order chi connectivity index (χ0) is 11.4. The number of esters is 1. The molecule has 0 saturated carbocycles. The molecule has 0 radical (unpaired) electrons. The van der Waals surface area contributed by atoms with Crippen LogP contribution in [-0.4, -0.2) is 13.1 Å². The van der Waals surface area contributed by atoms with E-state index < -0.39 is 0 Å². The number of hydrogen-bond donors (Lipinski definition) is 0. The maximum atomic E-state index is 11.3. The van der Waals surface area contributed by atoms with Gasteiger partial charge >= 0.3 is 5.97 Å². The molecule has 16 heavy (non-hydrogen) atoms. The number of hydrogen-bond acceptors (Lipinski definition) is 3. The highest BCUT2D eigenvalue weighted by Gasteiger charge is 2.09. The molecule has 0 amide bonds. The van der Waals surface area contributed by atoms with Crippen molar-refractivity contribution in [1.82, 2.24) is 0 Å². The third-order valence-electron chi connectivity index (χ3n) is 2.41. The molecule has 0 fully saturated rings. The van der Waals surface area contributed by atoms with E-state index in [1.807, 2.05) is 29.6 Å². The average molecular weight is 232 g/mol. The van der Waals surface area contributed by atoms with Crippen molar-refractivity contribution < 1.29 is 9.53 Å². The van der Waals surface area contributed by atoms with Gasteiger partial charge in [-0.25, -0.2) is 0 Å². The first-order valence-electron chi connectivity index (χ1n) is 4.98. The summed E-state index contributed by atoms with van der Waals surface area (Å²) in [6.45, 7) is 0. The zero-order valence-corrected chi connectivity index (χ0v) is 9.79. The number of thiophene rings is 1. The molecule has 0 aliphatic heterocycles. The fourth-order valence-electron chi connectivity index (χ4n) is 1.60. The molecule has 2 nitrogen and oxygen atoms in total. The zero-order valence-electron chi connectivity index (χ0n) is 8.97. The van der Waals surface area contributed by atoms with Crippen LogP contribution in [-0.2, 0) is 16.0 Å². The van der Waals surface area contributed by atoms with Crippen LogP contribution < -0.4 is 0 Å². The van der Waals surface area contributed by atoms with Gasteiger partial charge in [0.2, 0.25) is 0 Å². The molecule has 2 aromatic rings. The van der Waals surface area contributed by atoms with E-state index in [0.29, 0.717) is 6.42 Å². The van der Waals surface area contributed by atoms with Crippen LogP contribution in [0.15, 0.2) is 41.1 Å². The van der Waals surface area contributed by atoms with Crippen LogP contribution in [0.2, 0.25) is 0 Å². The number of carbonyl (C=O) groups excluding carboxylic acids is 1. The largest absolute Gasteiger partial charge is 0.469 e. The molecule has 3 heteroatoms. The number of benzene rings is 1. The van der Waals surface area contributed by atoms with Gasteiger partial charge < -0.3 is 4.74 Å². The first-order chi connectivity index (χ1) is 7.81. The molecule has 1 heterocycles. The van der Waals surface area contributed by atoms with Crippen molar-refractivity contribution in [2.45, 2.75) is 6.42 Å². The average Bonchev–Trinajstić information content (AvgIpc) is 2.83. The van der Waals surface area contributed by atoms with Gasteiger partial charge in [0, 0.05) is 0 Å². The Morgan fingerprint density at radius 3 is 2.81 bits per heavy atom. The molecule has 82 valence electrons. The normalized spacial score (nSPS) is 10.1. The van der Waals surface area contributed by atoms with Crippen LogP contribution in [0.1, 0.15) is 5.56 Å². The monoisotopic (exact) mass is 232 g/mol. The molecule has 2 rings (SSSR count). The lowest BCUT2D eigenvalue weighted by Gasteiger charge is -2.06. The topological polar surface area (TPSA) is 26.3 Å². The summed E-state index contributed by atoms with van der Waals surface area (Å²) < 4.78 is 4.69. The number of carbonyl (C=O) groups is 1. The van der Waals surface area contributed by atoms with Gasteiger partial charge in [-0.3, -0.25) is 4.79 Å². The molecule has 1 aromatic heterocycles. The molecular formula is C13H12O2S. The maximum Gasteiger partial charge on any atom is 0.309 e. The molecule has 0 spiro atoms. The van der Waals surface area contributed by atoms with Gasteiger partial charge in [0.05, 0.1) is 13.5 Å². The minimum atomic E-state index is -0.206. The fraction of sp³-hybridized carbons (Fsp3) is 0.154. The number of rotatable bonds is 3. The molecule has 0 unspecified atom stereocenters. The second kappa shape index (κ2) is 4.94. The van der Waals surface area contributed by atoms with Crippen molar-refractivity contribution in [2.24, 2.45) is 0 Å². The van der Waals surface area contributed by atoms with Crippen molar-refractivity contribution >= 4 is 17.3 Å². The summed E-state index contributed by atoms with van der Waals surface area (Å²) in [6, 6.07) is 9.97. The van der Waals surface area contributed by atoms with Crippen molar-refractivity contribution in [3.05, 3.63) is 46.7 Å². The molecule has 0 aliphatic rings.